The predicted octanol–water partition coefficient (Wildman–Crippen LogP) is 3.00. The highest BCUT2D eigenvalue weighted by Crippen LogP contribution is 2.20. The molecule has 0 N–H and O–H groups in total. The molecule has 0 unspecified atom stereocenters. The van der Waals surface area contributed by atoms with Crippen molar-refractivity contribution in [3.05, 3.63) is 26.9 Å². The van der Waals surface area contributed by atoms with E-state index in [0.29, 0.717) is 5.57 Å². The van der Waals surface area contributed by atoms with Crippen LogP contribution in [0.1, 0.15) is 11.8 Å². The zero-order valence-corrected chi connectivity index (χ0v) is 7.58. The number of halogens is 1. The fraction of sp³-hybridized carbons (Fsp3) is 0.125. The van der Waals surface area contributed by atoms with Crippen LogP contribution < -0.4 is 0 Å². The third-order valence-electron chi connectivity index (χ3n) is 1.14. The highest BCUT2D eigenvalue weighted by Gasteiger charge is 1.93. The molecule has 0 atom stereocenters. The van der Waals surface area contributed by atoms with E-state index < -0.39 is 0 Å². The topological polar surface area (TPSA) is 17.1 Å². The maximum Gasteiger partial charge on any atom is 0.145 e. The molecule has 11 heavy (non-hydrogen) atoms. The van der Waals surface area contributed by atoms with Gasteiger partial charge in [0, 0.05) is 10.3 Å². The Bertz CT molecular complexity index is 288. The summed E-state index contributed by atoms with van der Waals surface area (Å²) in [5.41, 5.74) is 0.712. The van der Waals surface area contributed by atoms with Crippen LogP contribution in [0, 0.1) is 0 Å². The van der Waals surface area contributed by atoms with Gasteiger partial charge in [0.25, 0.3) is 0 Å². The summed E-state index contributed by atoms with van der Waals surface area (Å²) in [4.78, 5) is 11.2. The largest absolute Gasteiger partial charge is 0.298 e. The molecule has 3 heteroatoms. The van der Waals surface area contributed by atoms with Crippen molar-refractivity contribution in [2.45, 2.75) is 6.92 Å². The Morgan fingerprint density at radius 1 is 1.73 bits per heavy atom. The Morgan fingerprint density at radius 3 is 2.91 bits per heavy atom. The van der Waals surface area contributed by atoms with Crippen LogP contribution in [0.4, 0.5) is 0 Å². The Kier molecular flexibility index (Phi) is 2.85. The highest BCUT2D eigenvalue weighted by molar-refractivity contribution is 7.11. The molecule has 1 rings (SSSR count). The average molecular weight is 187 g/mol. The Labute approximate surface area is 74.3 Å². The highest BCUT2D eigenvalue weighted by atomic mass is 35.5. The second-order valence-corrected chi connectivity index (χ2v) is 3.55. The predicted molar refractivity (Wildman–Crippen MR) is 49.0 cm³/mol. The molecule has 0 amide bonds. The molecule has 58 valence electrons. The van der Waals surface area contributed by atoms with Crippen LogP contribution in [-0.4, -0.2) is 6.29 Å². The molecule has 0 spiro atoms. The molecule has 0 aliphatic rings. The monoisotopic (exact) mass is 186 g/mol. The Balaban J connectivity index is 2.86. The van der Waals surface area contributed by atoms with E-state index in [0.717, 1.165) is 16.2 Å². The second kappa shape index (κ2) is 3.69. The number of hydrogen-bond acceptors (Lipinski definition) is 2. The van der Waals surface area contributed by atoms with Crippen molar-refractivity contribution in [3.63, 3.8) is 0 Å². The van der Waals surface area contributed by atoms with Gasteiger partial charge in [-0.25, -0.2) is 0 Å². The third-order valence-corrected chi connectivity index (χ3v) is 2.37. The summed E-state index contributed by atoms with van der Waals surface area (Å²) in [5, 5.41) is 2.56. The summed E-state index contributed by atoms with van der Waals surface area (Å²) in [7, 11) is 0. The number of carbonyl (C=O) groups is 1. The number of aldehydes is 1. The Hall–Kier alpha value is -0.600. The molecule has 0 aliphatic heterocycles. The van der Waals surface area contributed by atoms with Gasteiger partial charge in [0.05, 0.1) is 5.02 Å². The van der Waals surface area contributed by atoms with Crippen LogP contribution >= 0.6 is 22.9 Å². The van der Waals surface area contributed by atoms with Crippen LogP contribution in [0.3, 0.4) is 0 Å². The average Bonchev–Trinajstić information content (AvgIpc) is 2.35. The molecule has 1 aromatic rings. The lowest BCUT2D eigenvalue weighted by molar-refractivity contribution is -0.104. The van der Waals surface area contributed by atoms with E-state index >= 15 is 0 Å². The molecule has 0 radical (unpaired) electrons. The van der Waals surface area contributed by atoms with Gasteiger partial charge in [-0.05, 0) is 24.6 Å². The van der Waals surface area contributed by atoms with E-state index in [-0.39, 0.29) is 0 Å². The molecule has 0 aromatic carbocycles. The summed E-state index contributed by atoms with van der Waals surface area (Å²) in [5.74, 6) is 0. The number of hydrogen-bond donors (Lipinski definition) is 0. The first kappa shape index (κ1) is 8.50. The van der Waals surface area contributed by atoms with Gasteiger partial charge in [-0.1, -0.05) is 11.6 Å². The van der Waals surface area contributed by atoms with Crippen molar-refractivity contribution in [2.75, 3.05) is 0 Å². The van der Waals surface area contributed by atoms with Gasteiger partial charge in [-0.15, -0.1) is 11.3 Å². The van der Waals surface area contributed by atoms with Gasteiger partial charge in [-0.2, -0.15) is 0 Å². The van der Waals surface area contributed by atoms with Crippen LogP contribution in [0.15, 0.2) is 17.0 Å². The number of rotatable bonds is 2. The zero-order valence-electron chi connectivity index (χ0n) is 6.00. The quantitative estimate of drug-likeness (QED) is 0.513. The molecule has 0 bridgehead atoms. The lowest BCUT2D eigenvalue weighted by atomic mass is 10.3. The zero-order chi connectivity index (χ0) is 8.27. The lowest BCUT2D eigenvalue weighted by Gasteiger charge is -1.84. The fourth-order valence-electron chi connectivity index (χ4n) is 0.662. The van der Waals surface area contributed by atoms with Crippen molar-refractivity contribution in [2.24, 2.45) is 0 Å². The molecule has 0 saturated carbocycles. The molecular formula is C8H7ClOS. The van der Waals surface area contributed by atoms with Crippen molar-refractivity contribution < 1.29 is 4.79 Å². The minimum absolute atomic E-state index is 0.712. The van der Waals surface area contributed by atoms with Gasteiger partial charge in [-0.3, -0.25) is 4.79 Å². The van der Waals surface area contributed by atoms with Gasteiger partial charge in [0.15, 0.2) is 0 Å². The van der Waals surface area contributed by atoms with Gasteiger partial charge < -0.3 is 0 Å². The van der Waals surface area contributed by atoms with E-state index in [1.54, 1.807) is 6.92 Å². The van der Waals surface area contributed by atoms with Gasteiger partial charge >= 0.3 is 0 Å². The maximum absolute atomic E-state index is 10.2. The van der Waals surface area contributed by atoms with Crippen LogP contribution in [0.2, 0.25) is 5.02 Å². The first-order valence-electron chi connectivity index (χ1n) is 3.10. The maximum atomic E-state index is 10.2. The lowest BCUT2D eigenvalue weighted by Crippen LogP contribution is -1.72. The first-order valence-corrected chi connectivity index (χ1v) is 4.35. The molecule has 1 aromatic heterocycles. The van der Waals surface area contributed by atoms with Crippen molar-refractivity contribution >= 4 is 35.3 Å². The minimum atomic E-state index is 0.712. The summed E-state index contributed by atoms with van der Waals surface area (Å²) in [6.07, 6.45) is 2.64. The second-order valence-electron chi connectivity index (χ2n) is 2.17. The summed E-state index contributed by atoms with van der Waals surface area (Å²) in [6.45, 7) is 1.76. The standard InChI is InChI=1S/C8H7ClOS/c1-6(4-10)2-8-3-7(9)5-11-8/h2-5H,1H3. The van der Waals surface area contributed by atoms with E-state index in [1.807, 2.05) is 17.5 Å². The van der Waals surface area contributed by atoms with Crippen LogP contribution in [0.5, 0.6) is 0 Å². The molecule has 0 saturated heterocycles. The number of carbonyl (C=O) groups excluding carboxylic acids is 1. The SMILES string of the molecule is CC(C=O)=Cc1cc(Cl)cs1. The van der Waals surface area contributed by atoms with Crippen LogP contribution in [0.25, 0.3) is 6.08 Å². The van der Waals surface area contributed by atoms with Crippen molar-refractivity contribution in [1.29, 1.82) is 0 Å². The molecule has 1 heterocycles. The van der Waals surface area contributed by atoms with Crippen LogP contribution in [-0.2, 0) is 4.79 Å². The van der Waals surface area contributed by atoms with E-state index in [1.165, 1.54) is 11.3 Å². The van der Waals surface area contributed by atoms with E-state index in [2.05, 4.69) is 0 Å². The normalized spacial score (nSPS) is 11.6. The summed E-state index contributed by atoms with van der Waals surface area (Å²) >= 11 is 7.21. The van der Waals surface area contributed by atoms with E-state index in [9.17, 15) is 4.79 Å². The van der Waals surface area contributed by atoms with Crippen molar-refractivity contribution in [1.82, 2.24) is 0 Å². The van der Waals surface area contributed by atoms with Gasteiger partial charge in [0.2, 0.25) is 0 Å². The Morgan fingerprint density at radius 2 is 2.45 bits per heavy atom. The number of thiophene rings is 1. The third kappa shape index (κ3) is 2.48. The molecule has 0 fully saturated rings. The number of allylic oxidation sites excluding steroid dienone is 1. The smallest absolute Gasteiger partial charge is 0.145 e. The molecular weight excluding hydrogens is 180 g/mol. The molecule has 0 aliphatic carbocycles. The summed E-state index contributed by atoms with van der Waals surface area (Å²) < 4.78 is 0. The van der Waals surface area contributed by atoms with E-state index in [4.69, 9.17) is 11.6 Å². The minimum Gasteiger partial charge on any atom is -0.298 e. The summed E-state index contributed by atoms with van der Waals surface area (Å²) in [6, 6.07) is 1.83. The van der Waals surface area contributed by atoms with Gasteiger partial charge in [0.1, 0.15) is 6.29 Å². The van der Waals surface area contributed by atoms with Crippen molar-refractivity contribution in [3.8, 4) is 0 Å². The fourth-order valence-corrected chi connectivity index (χ4v) is 1.74. The first-order chi connectivity index (χ1) is 5.22. The molecule has 1 nitrogen and oxygen atoms in total.